The van der Waals surface area contributed by atoms with Crippen LogP contribution in [0.3, 0.4) is 0 Å². The minimum atomic E-state index is -1.00. The number of rotatable bonds is 11. The van der Waals surface area contributed by atoms with Crippen LogP contribution in [0.25, 0.3) is 21.3 Å². The second kappa shape index (κ2) is 50.8. The monoisotopic (exact) mass is 2190 g/mol. The minimum absolute atomic E-state index is 0. The number of aliphatic carboxylic acids is 1. The van der Waals surface area contributed by atoms with Crippen LogP contribution in [0.15, 0.2) is 89.4 Å². The molecule has 4 aliphatic rings. The zero-order chi connectivity index (χ0) is 55.6. The number of carboxylic acids is 1. The van der Waals surface area contributed by atoms with E-state index in [1.165, 1.54) is 46.8 Å². The number of anilines is 4. The number of carboxylic acid groups (broad SMARTS) is 1. The van der Waals surface area contributed by atoms with Crippen molar-refractivity contribution in [1.29, 1.82) is 5.26 Å². The van der Waals surface area contributed by atoms with Gasteiger partial charge in [-0.25, -0.2) is 0 Å². The summed E-state index contributed by atoms with van der Waals surface area (Å²) < 4.78 is 0.973. The smallest absolute Gasteiger partial charge is 0.246 e. The summed E-state index contributed by atoms with van der Waals surface area (Å²) in [7, 11) is 5.93. The quantitative estimate of drug-likeness (QED) is 0.0855. The van der Waals surface area contributed by atoms with Crippen LogP contribution in [0.4, 0.5) is 22.7 Å². The summed E-state index contributed by atoms with van der Waals surface area (Å²) in [5.74, 6) is -2.81. The van der Waals surface area contributed by atoms with Crippen molar-refractivity contribution in [3.63, 3.8) is 0 Å². The van der Waals surface area contributed by atoms with Gasteiger partial charge in [-0.05, 0) is 122 Å². The first-order chi connectivity index (χ1) is 36.5. The van der Waals surface area contributed by atoms with E-state index in [1.807, 2.05) is 66.7 Å². The van der Waals surface area contributed by atoms with Crippen LogP contribution in [0.1, 0.15) is 53.5 Å². The molecule has 7 amide bonds. The van der Waals surface area contributed by atoms with E-state index in [0.717, 1.165) is 77.0 Å². The molecule has 442 valence electrons. The number of halogens is 1. The fourth-order valence-corrected chi connectivity index (χ4v) is 8.13. The number of nitrogens with zero attached hydrogens (tertiary/aromatic N) is 5. The maximum Gasteiger partial charge on any atom is 0.246 e. The van der Waals surface area contributed by atoms with Crippen LogP contribution in [0.2, 0.25) is 0 Å². The van der Waals surface area contributed by atoms with Crippen LogP contribution < -0.4 is 43.0 Å². The molecule has 0 spiro atoms. The van der Waals surface area contributed by atoms with Crippen molar-refractivity contribution in [2.24, 2.45) is 5.73 Å². The van der Waals surface area contributed by atoms with E-state index in [2.05, 4.69) is 80.5 Å². The van der Waals surface area contributed by atoms with Gasteiger partial charge in [-0.15, -0.1) is 0 Å². The van der Waals surface area contributed by atoms with Gasteiger partial charge in [0.25, 0.3) is 0 Å². The number of nitrogens with two attached hydrogens (primary N) is 1. The molecule has 0 fully saturated rings. The Morgan fingerprint density at radius 3 is 1.23 bits per heavy atom. The molecule has 0 bridgehead atoms. The Labute approximate surface area is 657 Å². The van der Waals surface area contributed by atoms with Gasteiger partial charge in [0, 0.05) is 242 Å². The SMILES string of the molecule is C[N-][CH-]C(=O)NC1CCc2cc(Br)ccc2NC1=O.C[N-][CH-]C(=O)NC1CCc2cc(C#N)ccc2NC1=O.C[N-][CH-]C(=O)NC1CCc2ccccc2NC1=O.C[N-][CH-]C(=O)O.NC1CCc2ccccc2NC1=O.[W].[W].[W].[W].[Y].[Y].[Y].[Y]. The summed E-state index contributed by atoms with van der Waals surface area (Å²) in [6, 6.07) is 26.4. The number of nitriles is 1. The molecule has 0 aromatic heterocycles. The van der Waals surface area contributed by atoms with E-state index in [9.17, 15) is 38.4 Å². The first-order valence-corrected chi connectivity index (χ1v) is 24.6. The Bertz CT molecular complexity index is 2760. The zero-order valence-electron chi connectivity index (χ0n) is 46.2. The molecular formula is C53H60BrN13O9W4Y4-8. The molecule has 4 aromatic rings. The second-order valence-corrected chi connectivity index (χ2v) is 17.8. The maximum absolute atomic E-state index is 12.0. The number of para-hydroxylation sites is 2. The zero-order valence-corrected chi connectivity index (χ0v) is 70.9. The third kappa shape index (κ3) is 33.2. The summed E-state index contributed by atoms with van der Waals surface area (Å²) >= 11 is 3.41. The van der Waals surface area contributed by atoms with Crippen molar-refractivity contribution < 1.29 is 259 Å². The number of fused-ring (bicyclic) bond motifs is 4. The molecular weight excluding hydrogens is 2130 g/mol. The fourth-order valence-electron chi connectivity index (χ4n) is 7.73. The number of hydrogen-bond acceptors (Lipinski definition) is 10. The number of carbonyl (C=O) groups excluding carboxylic acids is 7. The molecule has 0 saturated carbocycles. The van der Waals surface area contributed by atoms with Gasteiger partial charge in [-0.2, -0.15) is 33.5 Å². The van der Waals surface area contributed by atoms with E-state index in [1.54, 1.807) is 18.2 Å². The Balaban J connectivity index is -0.000000312. The summed E-state index contributed by atoms with van der Waals surface area (Å²) in [6.45, 7) is 4.31. The Morgan fingerprint density at radius 1 is 0.524 bits per heavy atom. The van der Waals surface area contributed by atoms with Crippen molar-refractivity contribution in [3.05, 3.63) is 165 Å². The fraction of sp³-hybridized carbons (Fsp3) is 0.302. The van der Waals surface area contributed by atoms with Crippen molar-refractivity contribution >= 4 is 86.0 Å². The summed E-state index contributed by atoms with van der Waals surface area (Å²) in [5, 5.41) is 49.8. The standard InChI is InChI=1S/C14H14N4O2.C13H14BrN3O2.C13H15N3O2.C10H12N2O.C3H5NO2.4W.4Y/c1-16-8-13(19)17-12-5-3-10-6-9(7-15)2-4-11(10)18-14(12)20;1-15-7-12(18)16-11-4-2-8-6-9(14)3-5-10(8)17-13(11)19;1-14-8-12(17)15-11-7-6-9-4-2-3-5-10(9)16-13(11)18;11-8-6-5-7-3-1-2-4-9(7)12-10(8)13;1-4-2-3(5)6;;;;;;;;/h2,4,6,8,12H,3,5H2,1H3,(H,17,19)(H,18,20);3,5-7,11H,2,4H2,1H3,(H,16,18)(H,17,19);2-5,8,11H,6-7H2,1H3,(H,15,17)(H,16,18);1-4,8H,5-6,11H2,(H,12,13);2H,1H3,(H,5,6);;;;;;;;/q3*-2;;-2;;;;;;;;. The number of amides is 7. The normalized spacial score (nSPS) is 16.0. The first kappa shape index (κ1) is 91.8. The molecule has 0 aliphatic carbocycles. The van der Waals surface area contributed by atoms with Crippen LogP contribution in [-0.2, 0) is 279 Å². The molecule has 4 heterocycles. The van der Waals surface area contributed by atoms with E-state index >= 15 is 0 Å². The molecule has 4 unspecified atom stereocenters. The molecule has 4 aromatic carbocycles. The van der Waals surface area contributed by atoms with Gasteiger partial charge in [-0.1, -0.05) is 52.3 Å². The number of benzene rings is 4. The second-order valence-electron chi connectivity index (χ2n) is 16.9. The molecule has 84 heavy (non-hydrogen) atoms. The molecule has 4 radical (unpaired) electrons. The van der Waals surface area contributed by atoms with E-state index in [4.69, 9.17) is 16.1 Å². The molecule has 4 aliphatic heterocycles. The molecule has 10 N–H and O–H groups in total. The summed E-state index contributed by atoms with van der Waals surface area (Å²) in [5.41, 5.74) is 13.6. The predicted octanol–water partition coefficient (Wildman–Crippen LogP) is 5.41. The third-order valence-electron chi connectivity index (χ3n) is 11.4. The average molecular weight is 2190 g/mol. The Kier molecular flexibility index (Phi) is 55.5. The van der Waals surface area contributed by atoms with Gasteiger partial charge >= 0.3 is 0 Å². The van der Waals surface area contributed by atoms with E-state index < -0.39 is 30.0 Å². The number of hydrogen-bond donors (Lipinski definition) is 9. The summed E-state index contributed by atoms with van der Waals surface area (Å²) in [4.78, 5) is 91.1. The van der Waals surface area contributed by atoms with Gasteiger partial charge in [-0.3, -0.25) is 24.0 Å². The topological polar surface area (TPSA) is 347 Å². The molecule has 0 saturated heterocycles. The largest absolute Gasteiger partial charge is 0.815 e. The molecule has 31 heteroatoms. The number of carbonyl (C=O) groups is 8. The van der Waals surface area contributed by atoms with E-state index in [0.29, 0.717) is 36.9 Å². The van der Waals surface area contributed by atoms with Crippen LogP contribution in [0, 0.1) is 37.5 Å². The van der Waals surface area contributed by atoms with E-state index in [-0.39, 0.29) is 257 Å². The van der Waals surface area contributed by atoms with Crippen LogP contribution in [-0.4, -0.2) is 105 Å². The van der Waals surface area contributed by atoms with Crippen LogP contribution >= 0.6 is 15.9 Å². The third-order valence-corrected chi connectivity index (χ3v) is 11.9. The van der Waals surface area contributed by atoms with Crippen molar-refractivity contribution in [1.82, 2.24) is 16.0 Å². The number of likely N-dealkylation sites (N-methyl/N-ethyl adjacent to an activating group) is 4. The van der Waals surface area contributed by atoms with Crippen molar-refractivity contribution in [3.8, 4) is 6.07 Å². The van der Waals surface area contributed by atoms with Crippen molar-refractivity contribution in [2.75, 3.05) is 49.5 Å². The van der Waals surface area contributed by atoms with Gasteiger partial charge in [0.15, 0.2) is 0 Å². The molecule has 22 nitrogen and oxygen atoms in total. The Morgan fingerprint density at radius 2 is 0.857 bits per heavy atom. The summed E-state index contributed by atoms with van der Waals surface area (Å²) in [6.07, 6.45) is 5.32. The molecule has 4 atom stereocenters. The van der Waals surface area contributed by atoms with Gasteiger partial charge in [0.05, 0.1) is 35.4 Å². The average Bonchev–Trinajstić information content (AvgIpc) is 3.79. The van der Waals surface area contributed by atoms with Gasteiger partial charge < -0.3 is 110 Å². The van der Waals surface area contributed by atoms with Gasteiger partial charge in [0.2, 0.25) is 23.6 Å². The number of nitrogens with one attached hydrogen (secondary N) is 7. The predicted molar refractivity (Wildman–Crippen MR) is 292 cm³/mol. The maximum atomic E-state index is 12.0. The molecule has 8 rings (SSSR count). The Hall–Kier alpha value is -0.941. The number of aryl methyl sites for hydroxylation is 4. The first-order valence-electron chi connectivity index (χ1n) is 23.8. The van der Waals surface area contributed by atoms with Crippen molar-refractivity contribution in [2.45, 2.75) is 75.5 Å². The van der Waals surface area contributed by atoms with Gasteiger partial charge in [0.1, 0.15) is 24.1 Å². The van der Waals surface area contributed by atoms with Crippen LogP contribution in [0.5, 0.6) is 0 Å². The minimum Gasteiger partial charge on any atom is -0.815 e.